The van der Waals surface area contributed by atoms with Crippen molar-refractivity contribution in [3.63, 3.8) is 0 Å². The Hall–Kier alpha value is -4.26. The van der Waals surface area contributed by atoms with E-state index in [0.29, 0.717) is 11.3 Å². The van der Waals surface area contributed by atoms with Crippen LogP contribution in [0, 0.1) is 17.0 Å². The number of carbonyl (C=O) groups excluding carboxylic acids is 2. The molecule has 0 aliphatic rings. The number of carbonyl (C=O) groups is 2. The summed E-state index contributed by atoms with van der Waals surface area (Å²) in [6, 6.07) is 21.6. The second kappa shape index (κ2) is 9.29. The molecule has 3 aromatic rings. The van der Waals surface area contributed by atoms with Crippen LogP contribution in [0.15, 0.2) is 84.6 Å². The lowest BCUT2D eigenvalue weighted by atomic mass is 10.1. The van der Waals surface area contributed by atoms with E-state index in [2.05, 4.69) is 10.6 Å². The lowest BCUT2D eigenvalue weighted by Crippen LogP contribution is -2.30. The van der Waals surface area contributed by atoms with Gasteiger partial charge in [-0.25, -0.2) is 0 Å². The molecule has 0 heterocycles. The maximum Gasteiger partial charge on any atom is 0.272 e. The van der Waals surface area contributed by atoms with Gasteiger partial charge in [-0.15, -0.1) is 0 Å². The average Bonchev–Trinajstić information content (AvgIpc) is 2.74. The van der Waals surface area contributed by atoms with Gasteiger partial charge in [0.1, 0.15) is 5.70 Å². The number of nitro benzene ring substituents is 1. The summed E-state index contributed by atoms with van der Waals surface area (Å²) in [6.45, 7) is 1.90. The first-order valence-electron chi connectivity index (χ1n) is 9.13. The monoisotopic (exact) mass is 401 g/mol. The molecule has 0 radical (unpaired) electrons. The number of hydrogen-bond acceptors (Lipinski definition) is 4. The molecule has 3 rings (SSSR count). The Balaban J connectivity index is 1.89. The molecule has 7 heteroatoms. The van der Waals surface area contributed by atoms with Crippen LogP contribution in [0.5, 0.6) is 0 Å². The summed E-state index contributed by atoms with van der Waals surface area (Å²) in [7, 11) is 0. The van der Waals surface area contributed by atoms with Crippen molar-refractivity contribution in [2.45, 2.75) is 6.92 Å². The molecular weight excluding hydrogens is 382 g/mol. The van der Waals surface area contributed by atoms with Gasteiger partial charge in [0.2, 0.25) is 0 Å². The van der Waals surface area contributed by atoms with Crippen LogP contribution in [-0.4, -0.2) is 16.7 Å². The van der Waals surface area contributed by atoms with E-state index in [0.717, 1.165) is 11.6 Å². The third kappa shape index (κ3) is 5.39. The molecule has 0 aliphatic carbocycles. The first-order chi connectivity index (χ1) is 14.4. The van der Waals surface area contributed by atoms with Crippen LogP contribution in [0.1, 0.15) is 21.5 Å². The quantitative estimate of drug-likeness (QED) is 0.365. The number of anilines is 1. The molecule has 30 heavy (non-hydrogen) atoms. The maximum atomic E-state index is 12.9. The lowest BCUT2D eigenvalue weighted by molar-refractivity contribution is -0.384. The molecule has 0 fully saturated rings. The molecule has 0 unspecified atom stereocenters. The standard InChI is InChI=1S/C23H19N3O4/c1-16-7-5-11-19(13-16)24-23(28)21(14-17-8-3-2-4-9-17)25-22(27)18-10-6-12-20(15-18)26(29)30/h2-15H,1H3,(H,24,28)(H,25,27)/b21-14+. The maximum absolute atomic E-state index is 12.9. The zero-order valence-electron chi connectivity index (χ0n) is 16.2. The van der Waals surface area contributed by atoms with Crippen LogP contribution < -0.4 is 10.6 Å². The Morgan fingerprint density at radius 3 is 2.37 bits per heavy atom. The summed E-state index contributed by atoms with van der Waals surface area (Å²) in [6.07, 6.45) is 1.54. The van der Waals surface area contributed by atoms with Crippen molar-refractivity contribution in [3.8, 4) is 0 Å². The van der Waals surface area contributed by atoms with Gasteiger partial charge in [-0.3, -0.25) is 19.7 Å². The molecule has 0 aliphatic heterocycles. The zero-order valence-corrected chi connectivity index (χ0v) is 16.2. The Bertz CT molecular complexity index is 1120. The highest BCUT2D eigenvalue weighted by molar-refractivity contribution is 6.10. The summed E-state index contributed by atoms with van der Waals surface area (Å²) < 4.78 is 0. The fraction of sp³-hybridized carbons (Fsp3) is 0.0435. The number of aryl methyl sites for hydroxylation is 1. The van der Waals surface area contributed by atoms with Crippen LogP contribution in [0.25, 0.3) is 6.08 Å². The molecule has 2 amide bonds. The third-order valence-electron chi connectivity index (χ3n) is 4.20. The van der Waals surface area contributed by atoms with Crippen molar-refractivity contribution in [3.05, 3.63) is 111 Å². The number of nitrogens with one attached hydrogen (secondary N) is 2. The number of benzene rings is 3. The van der Waals surface area contributed by atoms with Crippen molar-refractivity contribution in [2.24, 2.45) is 0 Å². The van der Waals surface area contributed by atoms with E-state index in [1.54, 1.807) is 30.3 Å². The minimum Gasteiger partial charge on any atom is -0.321 e. The minimum atomic E-state index is -0.625. The van der Waals surface area contributed by atoms with Gasteiger partial charge in [-0.05, 0) is 42.3 Å². The van der Waals surface area contributed by atoms with Crippen LogP contribution >= 0.6 is 0 Å². The predicted molar refractivity (Wildman–Crippen MR) is 115 cm³/mol. The van der Waals surface area contributed by atoms with E-state index in [9.17, 15) is 19.7 Å². The van der Waals surface area contributed by atoms with Gasteiger partial charge in [0.15, 0.2) is 0 Å². The molecule has 0 atom stereocenters. The molecule has 0 bridgehead atoms. The van der Waals surface area contributed by atoms with Gasteiger partial charge in [0.05, 0.1) is 4.92 Å². The first-order valence-corrected chi connectivity index (χ1v) is 9.13. The molecule has 0 spiro atoms. The van der Waals surface area contributed by atoms with Gasteiger partial charge in [0, 0.05) is 23.4 Å². The molecule has 0 aromatic heterocycles. The summed E-state index contributed by atoms with van der Waals surface area (Å²) in [5, 5.41) is 16.3. The number of hydrogen-bond donors (Lipinski definition) is 2. The Labute approximate surface area is 173 Å². The largest absolute Gasteiger partial charge is 0.321 e. The number of nitrogens with zero attached hydrogens (tertiary/aromatic N) is 1. The molecular formula is C23H19N3O4. The van der Waals surface area contributed by atoms with Crippen LogP contribution in [0.3, 0.4) is 0 Å². The minimum absolute atomic E-state index is 0.0132. The fourth-order valence-electron chi connectivity index (χ4n) is 2.75. The van der Waals surface area contributed by atoms with Gasteiger partial charge in [0.25, 0.3) is 17.5 Å². The van der Waals surface area contributed by atoms with E-state index in [4.69, 9.17) is 0 Å². The second-order valence-corrected chi connectivity index (χ2v) is 6.55. The Morgan fingerprint density at radius 1 is 0.933 bits per heavy atom. The summed E-state index contributed by atoms with van der Waals surface area (Å²) in [4.78, 5) is 35.9. The van der Waals surface area contributed by atoms with Gasteiger partial charge in [-0.2, -0.15) is 0 Å². The van der Waals surface area contributed by atoms with E-state index in [1.165, 1.54) is 18.2 Å². The second-order valence-electron chi connectivity index (χ2n) is 6.55. The summed E-state index contributed by atoms with van der Waals surface area (Å²) >= 11 is 0. The highest BCUT2D eigenvalue weighted by atomic mass is 16.6. The van der Waals surface area contributed by atoms with Crippen LogP contribution in [-0.2, 0) is 4.79 Å². The number of amides is 2. The smallest absolute Gasteiger partial charge is 0.272 e. The van der Waals surface area contributed by atoms with E-state index in [1.807, 2.05) is 37.3 Å². The van der Waals surface area contributed by atoms with Crippen LogP contribution in [0.2, 0.25) is 0 Å². The first kappa shape index (κ1) is 20.5. The number of non-ortho nitro benzene ring substituents is 1. The lowest BCUT2D eigenvalue weighted by Gasteiger charge is -2.12. The highest BCUT2D eigenvalue weighted by Crippen LogP contribution is 2.15. The molecule has 7 nitrogen and oxygen atoms in total. The molecule has 0 saturated heterocycles. The predicted octanol–water partition coefficient (Wildman–Crippen LogP) is 4.31. The van der Waals surface area contributed by atoms with E-state index < -0.39 is 16.7 Å². The SMILES string of the molecule is Cc1cccc(NC(=O)/C(=C\c2ccccc2)NC(=O)c2cccc([N+](=O)[O-])c2)c1. The van der Waals surface area contributed by atoms with E-state index >= 15 is 0 Å². The average molecular weight is 401 g/mol. The van der Waals surface area contributed by atoms with Crippen molar-refractivity contribution < 1.29 is 14.5 Å². The Morgan fingerprint density at radius 2 is 1.67 bits per heavy atom. The van der Waals surface area contributed by atoms with Crippen molar-refractivity contribution in [2.75, 3.05) is 5.32 Å². The van der Waals surface area contributed by atoms with Crippen molar-refractivity contribution >= 4 is 29.3 Å². The van der Waals surface area contributed by atoms with Gasteiger partial charge in [-0.1, -0.05) is 48.5 Å². The normalized spacial score (nSPS) is 10.9. The zero-order chi connectivity index (χ0) is 21.5. The molecule has 0 saturated carbocycles. The van der Waals surface area contributed by atoms with Crippen molar-refractivity contribution in [1.82, 2.24) is 5.32 Å². The summed E-state index contributed by atoms with van der Waals surface area (Å²) in [5.41, 5.74) is 2.16. The van der Waals surface area contributed by atoms with Gasteiger partial charge >= 0.3 is 0 Å². The highest BCUT2D eigenvalue weighted by Gasteiger charge is 2.17. The number of rotatable bonds is 6. The van der Waals surface area contributed by atoms with Crippen LogP contribution in [0.4, 0.5) is 11.4 Å². The van der Waals surface area contributed by atoms with Gasteiger partial charge < -0.3 is 10.6 Å². The number of nitro groups is 1. The third-order valence-corrected chi connectivity index (χ3v) is 4.20. The Kier molecular flexibility index (Phi) is 6.34. The fourth-order valence-corrected chi connectivity index (χ4v) is 2.75. The van der Waals surface area contributed by atoms with Crippen molar-refractivity contribution in [1.29, 1.82) is 0 Å². The topological polar surface area (TPSA) is 101 Å². The summed E-state index contributed by atoms with van der Waals surface area (Å²) in [5.74, 6) is -1.14. The van der Waals surface area contributed by atoms with E-state index in [-0.39, 0.29) is 16.9 Å². The molecule has 2 N–H and O–H groups in total. The molecule has 3 aromatic carbocycles. The molecule has 150 valence electrons.